The Kier molecular flexibility index (Phi) is 6.40. The maximum absolute atomic E-state index is 11.3. The number of hydrazone groups is 1. The van der Waals surface area contributed by atoms with E-state index in [0.29, 0.717) is 22.2 Å². The third-order valence-corrected chi connectivity index (χ3v) is 4.87. The fourth-order valence-electron chi connectivity index (χ4n) is 2.57. The maximum Gasteiger partial charge on any atom is 0.276 e. The van der Waals surface area contributed by atoms with Crippen molar-refractivity contribution >= 4 is 28.4 Å². The van der Waals surface area contributed by atoms with E-state index in [9.17, 15) is 10.1 Å². The van der Waals surface area contributed by atoms with Gasteiger partial charge in [0.15, 0.2) is 11.5 Å². The van der Waals surface area contributed by atoms with E-state index >= 15 is 0 Å². The van der Waals surface area contributed by atoms with Gasteiger partial charge in [-0.1, -0.05) is 6.07 Å². The van der Waals surface area contributed by atoms with Crippen molar-refractivity contribution in [1.29, 1.82) is 0 Å². The summed E-state index contributed by atoms with van der Waals surface area (Å²) in [5, 5.41) is 18.1. The monoisotopic (exact) mass is 412 g/mol. The molecule has 1 N–H and O–H groups in total. The van der Waals surface area contributed by atoms with Gasteiger partial charge >= 0.3 is 0 Å². The number of nitrogens with one attached hydrogen (secondary N) is 1. The molecule has 1 aromatic heterocycles. The van der Waals surface area contributed by atoms with Crippen LogP contribution in [0, 0.1) is 24.0 Å². The molecule has 1 heterocycles. The van der Waals surface area contributed by atoms with Gasteiger partial charge in [-0.2, -0.15) is 5.10 Å². The number of rotatable bonds is 8. The summed E-state index contributed by atoms with van der Waals surface area (Å²) in [6.07, 6.45) is 1.65. The molecule has 0 unspecified atom stereocenters. The Morgan fingerprint density at radius 1 is 1.24 bits per heavy atom. The van der Waals surface area contributed by atoms with Gasteiger partial charge in [-0.25, -0.2) is 4.98 Å². The van der Waals surface area contributed by atoms with Gasteiger partial charge in [-0.3, -0.25) is 15.5 Å². The molecule has 3 rings (SSSR count). The molecular formula is C20H20N4O4S. The Morgan fingerprint density at radius 2 is 2.07 bits per heavy atom. The number of hydrogen-bond donors (Lipinski definition) is 1. The molecule has 2 aromatic carbocycles. The number of hydrogen-bond acceptors (Lipinski definition) is 8. The topological polar surface area (TPSA) is 98.9 Å². The van der Waals surface area contributed by atoms with Crippen LogP contribution in [0.5, 0.6) is 11.5 Å². The van der Waals surface area contributed by atoms with Crippen LogP contribution in [0.1, 0.15) is 22.4 Å². The molecule has 9 heteroatoms. The lowest BCUT2D eigenvalue weighted by Crippen LogP contribution is -2.02. The van der Waals surface area contributed by atoms with Crippen molar-refractivity contribution in [2.75, 3.05) is 12.5 Å². The Hall–Kier alpha value is -3.46. The zero-order valence-corrected chi connectivity index (χ0v) is 17.0. The standard InChI is InChI=1S/C20H20N4O4S/c1-13-4-6-16(17(8-13)24(25)26)11-28-18-7-5-15(9-19(18)27-3)10-21-23-20-22-14(2)12-29-20/h4-10,12H,11H2,1-3H3,(H,22,23). The molecule has 8 nitrogen and oxygen atoms in total. The molecule has 0 fully saturated rings. The average Bonchev–Trinajstić information content (AvgIpc) is 3.12. The Labute approximate surface area is 172 Å². The summed E-state index contributed by atoms with van der Waals surface area (Å²) in [6, 6.07) is 10.4. The maximum atomic E-state index is 11.3. The number of aryl methyl sites for hydroxylation is 2. The quantitative estimate of drug-likeness (QED) is 0.327. The molecule has 0 spiro atoms. The van der Waals surface area contributed by atoms with Crippen LogP contribution in [0.15, 0.2) is 46.9 Å². The zero-order valence-electron chi connectivity index (χ0n) is 16.2. The molecule has 0 aliphatic heterocycles. The molecule has 0 saturated carbocycles. The van der Waals surface area contributed by atoms with Crippen molar-refractivity contribution in [2.24, 2.45) is 5.10 Å². The van der Waals surface area contributed by atoms with Gasteiger partial charge in [0.1, 0.15) is 6.61 Å². The fraction of sp³-hybridized carbons (Fsp3) is 0.200. The van der Waals surface area contributed by atoms with Crippen molar-refractivity contribution in [3.8, 4) is 11.5 Å². The number of nitro benzene ring substituents is 1. The fourth-order valence-corrected chi connectivity index (χ4v) is 3.21. The first-order chi connectivity index (χ1) is 14.0. The van der Waals surface area contributed by atoms with Gasteiger partial charge in [-0.05, 0) is 49.2 Å². The Balaban J connectivity index is 1.70. The van der Waals surface area contributed by atoms with Crippen LogP contribution in [-0.4, -0.2) is 23.2 Å². The van der Waals surface area contributed by atoms with Crippen molar-refractivity contribution in [3.05, 3.63) is 74.3 Å². The molecule has 0 aliphatic rings. The van der Waals surface area contributed by atoms with Gasteiger partial charge in [0, 0.05) is 11.4 Å². The minimum Gasteiger partial charge on any atom is -0.493 e. The van der Waals surface area contributed by atoms with E-state index in [2.05, 4.69) is 15.5 Å². The second kappa shape index (κ2) is 9.16. The molecule has 0 amide bonds. The van der Waals surface area contributed by atoms with Crippen LogP contribution in [0.25, 0.3) is 0 Å². The van der Waals surface area contributed by atoms with Crippen LogP contribution >= 0.6 is 11.3 Å². The van der Waals surface area contributed by atoms with E-state index in [1.54, 1.807) is 24.4 Å². The van der Waals surface area contributed by atoms with E-state index in [4.69, 9.17) is 9.47 Å². The summed E-state index contributed by atoms with van der Waals surface area (Å²) in [6.45, 7) is 3.79. The lowest BCUT2D eigenvalue weighted by Gasteiger charge is -2.11. The van der Waals surface area contributed by atoms with Gasteiger partial charge in [0.2, 0.25) is 5.13 Å². The molecule has 0 atom stereocenters. The van der Waals surface area contributed by atoms with Gasteiger partial charge in [-0.15, -0.1) is 11.3 Å². The molecule has 0 saturated heterocycles. The van der Waals surface area contributed by atoms with Crippen LogP contribution in [-0.2, 0) is 6.61 Å². The third kappa shape index (κ3) is 5.29. The first kappa shape index (κ1) is 20.3. The van der Waals surface area contributed by atoms with E-state index in [1.807, 2.05) is 31.4 Å². The largest absolute Gasteiger partial charge is 0.493 e. The lowest BCUT2D eigenvalue weighted by molar-refractivity contribution is -0.385. The van der Waals surface area contributed by atoms with Crippen LogP contribution in [0.3, 0.4) is 0 Å². The average molecular weight is 412 g/mol. The number of nitro groups is 1. The molecule has 0 bridgehead atoms. The first-order valence-electron chi connectivity index (χ1n) is 8.72. The second-order valence-electron chi connectivity index (χ2n) is 6.25. The number of ether oxygens (including phenoxy) is 2. The van der Waals surface area contributed by atoms with E-state index in [0.717, 1.165) is 16.8 Å². The highest BCUT2D eigenvalue weighted by Crippen LogP contribution is 2.30. The molecule has 3 aromatic rings. The first-order valence-corrected chi connectivity index (χ1v) is 9.60. The predicted octanol–water partition coefficient (Wildman–Crippen LogP) is 4.70. The Morgan fingerprint density at radius 3 is 2.76 bits per heavy atom. The van der Waals surface area contributed by atoms with E-state index < -0.39 is 4.92 Å². The SMILES string of the molecule is COc1cc(C=NNc2nc(C)cs2)ccc1OCc1ccc(C)cc1[N+](=O)[O-]. The molecule has 0 aliphatic carbocycles. The Bertz CT molecular complexity index is 1050. The number of nitrogens with zero attached hydrogens (tertiary/aromatic N) is 3. The minimum absolute atomic E-state index is 0.0382. The summed E-state index contributed by atoms with van der Waals surface area (Å²) in [5.41, 5.74) is 5.97. The third-order valence-electron chi connectivity index (χ3n) is 4.00. The molecule has 29 heavy (non-hydrogen) atoms. The highest BCUT2D eigenvalue weighted by molar-refractivity contribution is 7.13. The number of thiazole rings is 1. The summed E-state index contributed by atoms with van der Waals surface area (Å²) >= 11 is 1.47. The summed E-state index contributed by atoms with van der Waals surface area (Å²) < 4.78 is 11.2. The number of methoxy groups -OCH3 is 1. The van der Waals surface area contributed by atoms with Crippen LogP contribution in [0.4, 0.5) is 10.8 Å². The highest BCUT2D eigenvalue weighted by Gasteiger charge is 2.15. The normalized spacial score (nSPS) is 10.9. The van der Waals surface area contributed by atoms with Crippen molar-refractivity contribution in [3.63, 3.8) is 0 Å². The smallest absolute Gasteiger partial charge is 0.276 e. The summed E-state index contributed by atoms with van der Waals surface area (Å²) in [5.74, 6) is 0.997. The summed E-state index contributed by atoms with van der Waals surface area (Å²) in [4.78, 5) is 15.1. The lowest BCUT2D eigenvalue weighted by atomic mass is 10.1. The van der Waals surface area contributed by atoms with Crippen LogP contribution < -0.4 is 14.9 Å². The zero-order chi connectivity index (χ0) is 20.8. The summed E-state index contributed by atoms with van der Waals surface area (Å²) in [7, 11) is 1.54. The van der Waals surface area contributed by atoms with E-state index in [-0.39, 0.29) is 12.3 Å². The number of benzene rings is 2. The second-order valence-corrected chi connectivity index (χ2v) is 7.11. The van der Waals surface area contributed by atoms with Gasteiger partial charge in [0.05, 0.1) is 29.5 Å². The predicted molar refractivity (Wildman–Crippen MR) is 113 cm³/mol. The van der Waals surface area contributed by atoms with Crippen molar-refractivity contribution in [2.45, 2.75) is 20.5 Å². The molecule has 150 valence electrons. The van der Waals surface area contributed by atoms with Crippen molar-refractivity contribution < 1.29 is 14.4 Å². The van der Waals surface area contributed by atoms with Gasteiger partial charge in [0.25, 0.3) is 5.69 Å². The van der Waals surface area contributed by atoms with Crippen LogP contribution in [0.2, 0.25) is 0 Å². The highest BCUT2D eigenvalue weighted by atomic mass is 32.1. The minimum atomic E-state index is -0.403. The molecular weight excluding hydrogens is 392 g/mol. The molecule has 0 radical (unpaired) electrons. The number of anilines is 1. The number of aromatic nitrogens is 1. The van der Waals surface area contributed by atoms with Crippen molar-refractivity contribution in [1.82, 2.24) is 4.98 Å². The van der Waals surface area contributed by atoms with Gasteiger partial charge < -0.3 is 9.47 Å². The van der Waals surface area contributed by atoms with E-state index in [1.165, 1.54) is 24.5 Å².